The minimum Gasteiger partial charge on any atom is -0.365 e. The fraction of sp³-hybridized carbons (Fsp3) is 0.588. The molecule has 1 atom stereocenters. The molecular formula is C17H25N5O2. The first kappa shape index (κ1) is 16.9. The van der Waals surface area contributed by atoms with Crippen LogP contribution in [0.25, 0.3) is 6.08 Å². The second-order valence-electron chi connectivity index (χ2n) is 6.55. The van der Waals surface area contributed by atoms with Gasteiger partial charge in [-0.1, -0.05) is 12.8 Å². The third kappa shape index (κ3) is 4.52. The van der Waals surface area contributed by atoms with Crippen LogP contribution in [-0.4, -0.2) is 51.2 Å². The molecule has 130 valence electrons. The van der Waals surface area contributed by atoms with Crippen LogP contribution < -0.4 is 10.8 Å². The first-order valence-corrected chi connectivity index (χ1v) is 8.69. The maximum atomic E-state index is 10.9. The van der Waals surface area contributed by atoms with Crippen LogP contribution in [0.2, 0.25) is 0 Å². The quantitative estimate of drug-likeness (QED) is 0.433. The lowest BCUT2D eigenvalue weighted by atomic mass is 10.0. The molecule has 0 bridgehead atoms. The molecular weight excluding hydrogens is 306 g/mol. The van der Waals surface area contributed by atoms with E-state index in [4.69, 9.17) is 5.21 Å². The number of hydrogen-bond acceptors (Lipinski definition) is 6. The number of nitrogens with one attached hydrogen (secondary N) is 2. The van der Waals surface area contributed by atoms with Crippen molar-refractivity contribution in [2.45, 2.75) is 50.6 Å². The summed E-state index contributed by atoms with van der Waals surface area (Å²) in [5, 5.41) is 11.9. The van der Waals surface area contributed by atoms with Crippen LogP contribution in [-0.2, 0) is 4.79 Å². The number of amides is 1. The maximum Gasteiger partial charge on any atom is 0.267 e. The van der Waals surface area contributed by atoms with E-state index < -0.39 is 5.91 Å². The van der Waals surface area contributed by atoms with E-state index in [1.807, 2.05) is 0 Å². The third-order valence-electron chi connectivity index (χ3n) is 4.83. The second-order valence-corrected chi connectivity index (χ2v) is 6.55. The van der Waals surface area contributed by atoms with E-state index in [9.17, 15) is 4.79 Å². The highest BCUT2D eigenvalue weighted by atomic mass is 16.5. The van der Waals surface area contributed by atoms with Crippen molar-refractivity contribution in [1.82, 2.24) is 20.3 Å². The maximum absolute atomic E-state index is 10.9. The summed E-state index contributed by atoms with van der Waals surface area (Å²) >= 11 is 0. The SMILES string of the molecule is O=C(/C=C/c1cnc(N[C@@H]2CCCN(C3CCCC3)C2)cn1)NO. The summed E-state index contributed by atoms with van der Waals surface area (Å²) in [4.78, 5) is 22.2. The van der Waals surface area contributed by atoms with E-state index in [0.29, 0.717) is 11.7 Å². The Bertz CT molecular complexity index is 569. The van der Waals surface area contributed by atoms with Gasteiger partial charge in [-0.25, -0.2) is 10.5 Å². The van der Waals surface area contributed by atoms with Crippen molar-refractivity contribution < 1.29 is 10.0 Å². The molecule has 2 aliphatic rings. The van der Waals surface area contributed by atoms with E-state index >= 15 is 0 Å². The van der Waals surface area contributed by atoms with Gasteiger partial charge in [-0.15, -0.1) is 0 Å². The number of piperidine rings is 1. The summed E-state index contributed by atoms with van der Waals surface area (Å²) in [6.07, 6.45) is 13.8. The lowest BCUT2D eigenvalue weighted by Gasteiger charge is -2.37. The van der Waals surface area contributed by atoms with Crippen molar-refractivity contribution in [2.24, 2.45) is 0 Å². The van der Waals surface area contributed by atoms with Crippen molar-refractivity contribution in [3.63, 3.8) is 0 Å². The van der Waals surface area contributed by atoms with Crippen molar-refractivity contribution in [1.29, 1.82) is 0 Å². The number of carbonyl (C=O) groups is 1. The fourth-order valence-electron chi connectivity index (χ4n) is 3.63. The minimum atomic E-state index is -0.590. The summed E-state index contributed by atoms with van der Waals surface area (Å²) in [6, 6.07) is 1.18. The zero-order valence-electron chi connectivity index (χ0n) is 13.8. The number of carbonyl (C=O) groups excluding carboxylic acids is 1. The molecule has 0 aromatic carbocycles. The molecule has 1 saturated heterocycles. The fourth-order valence-corrected chi connectivity index (χ4v) is 3.63. The molecule has 0 spiro atoms. The average molecular weight is 331 g/mol. The van der Waals surface area contributed by atoms with Crippen LogP contribution in [0.1, 0.15) is 44.2 Å². The molecule has 1 aromatic heterocycles. The van der Waals surface area contributed by atoms with Crippen LogP contribution in [0.15, 0.2) is 18.5 Å². The average Bonchev–Trinajstić information content (AvgIpc) is 3.16. The van der Waals surface area contributed by atoms with Gasteiger partial charge >= 0.3 is 0 Å². The highest BCUT2D eigenvalue weighted by Crippen LogP contribution is 2.26. The molecule has 1 aliphatic carbocycles. The monoisotopic (exact) mass is 331 g/mol. The minimum absolute atomic E-state index is 0.412. The van der Waals surface area contributed by atoms with E-state index in [2.05, 4.69) is 20.2 Å². The summed E-state index contributed by atoms with van der Waals surface area (Å²) in [7, 11) is 0. The molecule has 2 heterocycles. The van der Waals surface area contributed by atoms with Crippen molar-refractivity contribution in [3.8, 4) is 0 Å². The largest absolute Gasteiger partial charge is 0.365 e. The summed E-state index contributed by atoms with van der Waals surface area (Å²) in [5.74, 6) is 0.172. The van der Waals surface area contributed by atoms with Crippen LogP contribution in [0.5, 0.6) is 0 Å². The Morgan fingerprint density at radius 2 is 2.04 bits per heavy atom. The first-order valence-electron chi connectivity index (χ1n) is 8.69. The Balaban J connectivity index is 1.53. The molecule has 2 fully saturated rings. The van der Waals surface area contributed by atoms with Gasteiger partial charge in [-0.2, -0.15) is 0 Å². The van der Waals surface area contributed by atoms with E-state index in [1.165, 1.54) is 56.3 Å². The van der Waals surface area contributed by atoms with Gasteiger partial charge in [0.05, 0.1) is 18.1 Å². The zero-order chi connectivity index (χ0) is 16.8. The van der Waals surface area contributed by atoms with Gasteiger partial charge in [-0.3, -0.25) is 19.9 Å². The topological polar surface area (TPSA) is 90.4 Å². The lowest BCUT2D eigenvalue weighted by molar-refractivity contribution is -0.124. The number of anilines is 1. The lowest BCUT2D eigenvalue weighted by Crippen LogP contribution is -2.46. The summed E-state index contributed by atoms with van der Waals surface area (Å²) in [6.45, 7) is 2.29. The van der Waals surface area contributed by atoms with Crippen LogP contribution in [0.4, 0.5) is 5.82 Å². The van der Waals surface area contributed by atoms with Crippen LogP contribution in [0.3, 0.4) is 0 Å². The molecule has 3 rings (SSSR count). The Morgan fingerprint density at radius 3 is 2.75 bits per heavy atom. The standard InChI is InChI=1S/C17H25N5O2/c23-17(21-24)8-7-13-10-19-16(11-18-13)20-14-4-3-9-22(12-14)15-5-1-2-6-15/h7-8,10-11,14-15,24H,1-6,9,12H2,(H,19,20)(H,21,23)/b8-7+/t14-/m1/s1. The third-order valence-corrected chi connectivity index (χ3v) is 4.83. The number of hydrogen-bond donors (Lipinski definition) is 3. The van der Waals surface area contributed by atoms with Gasteiger partial charge in [0.1, 0.15) is 5.82 Å². The van der Waals surface area contributed by atoms with Gasteiger partial charge < -0.3 is 5.32 Å². The van der Waals surface area contributed by atoms with Gasteiger partial charge in [0.25, 0.3) is 5.91 Å². The summed E-state index contributed by atoms with van der Waals surface area (Å²) in [5.41, 5.74) is 2.11. The summed E-state index contributed by atoms with van der Waals surface area (Å²) < 4.78 is 0. The number of aromatic nitrogens is 2. The number of hydroxylamine groups is 1. The van der Waals surface area contributed by atoms with Gasteiger partial charge in [-0.05, 0) is 38.3 Å². The highest BCUT2D eigenvalue weighted by Gasteiger charge is 2.27. The van der Waals surface area contributed by atoms with Gasteiger partial charge in [0.15, 0.2) is 0 Å². The van der Waals surface area contributed by atoms with Crippen molar-refractivity contribution >= 4 is 17.8 Å². The Morgan fingerprint density at radius 1 is 1.21 bits per heavy atom. The van der Waals surface area contributed by atoms with Gasteiger partial charge in [0, 0.05) is 24.7 Å². The Labute approximate surface area is 142 Å². The normalized spacial score (nSPS) is 22.8. The molecule has 1 aliphatic heterocycles. The highest BCUT2D eigenvalue weighted by molar-refractivity contribution is 5.90. The molecule has 0 unspecified atom stereocenters. The second kappa shape index (κ2) is 8.21. The molecule has 1 aromatic rings. The Kier molecular flexibility index (Phi) is 5.77. The van der Waals surface area contributed by atoms with E-state index in [0.717, 1.165) is 24.8 Å². The predicted octanol–water partition coefficient (Wildman–Crippen LogP) is 1.81. The molecule has 24 heavy (non-hydrogen) atoms. The Hall–Kier alpha value is -1.99. The van der Waals surface area contributed by atoms with Crippen molar-refractivity contribution in [2.75, 3.05) is 18.4 Å². The van der Waals surface area contributed by atoms with Crippen LogP contribution >= 0.6 is 0 Å². The molecule has 1 amide bonds. The molecule has 7 nitrogen and oxygen atoms in total. The predicted molar refractivity (Wildman–Crippen MR) is 91.5 cm³/mol. The number of nitrogens with zero attached hydrogens (tertiary/aromatic N) is 3. The van der Waals surface area contributed by atoms with E-state index in [1.54, 1.807) is 12.4 Å². The van der Waals surface area contributed by atoms with Crippen LogP contribution in [0, 0.1) is 0 Å². The molecule has 1 saturated carbocycles. The van der Waals surface area contributed by atoms with Crippen molar-refractivity contribution in [3.05, 3.63) is 24.2 Å². The van der Waals surface area contributed by atoms with Gasteiger partial charge in [0.2, 0.25) is 0 Å². The van der Waals surface area contributed by atoms with E-state index in [-0.39, 0.29) is 0 Å². The first-order chi connectivity index (χ1) is 11.7. The molecule has 3 N–H and O–H groups in total. The number of likely N-dealkylation sites (tertiary alicyclic amines) is 1. The smallest absolute Gasteiger partial charge is 0.267 e. The zero-order valence-corrected chi connectivity index (χ0v) is 13.8. The molecule has 0 radical (unpaired) electrons. The molecule has 7 heteroatoms. The number of rotatable bonds is 5.